The Morgan fingerprint density at radius 3 is 1.57 bits per heavy atom. The zero-order valence-corrected chi connectivity index (χ0v) is 22.8. The van der Waals surface area contributed by atoms with Gasteiger partial charge in [-0.25, -0.2) is 4.79 Å². The first kappa shape index (κ1) is 23.2. The fraction of sp³-hybridized carbons (Fsp3) is 0.618. The summed E-state index contributed by atoms with van der Waals surface area (Å²) < 4.78 is 6.16. The molecule has 8 rings (SSSR count). The molecule has 6 aliphatic rings. The first-order valence-corrected chi connectivity index (χ1v) is 15.7. The van der Waals surface area contributed by atoms with Gasteiger partial charge in [0.25, 0.3) is 0 Å². The van der Waals surface area contributed by atoms with Crippen LogP contribution in [0.25, 0.3) is 0 Å². The number of hydrogen-bond donors (Lipinski definition) is 1. The minimum absolute atomic E-state index is 0.109. The lowest BCUT2D eigenvalue weighted by Crippen LogP contribution is -2.23. The molecule has 9 atom stereocenters. The van der Waals surface area contributed by atoms with Crippen LogP contribution < -0.4 is 4.74 Å². The standard InChI is InChI=1S/C34H40O2S/c35-34(36-26-7-9-27(37)10-8-26)33-31(29-15-20-2-5-23(29)12-20)17-25(28-14-19-1-4-22(28)11-19)18-32(33)30-16-21-3-6-24(30)13-21/h7-10,17-24,28-30,37H,1-6,11-16H2. The summed E-state index contributed by atoms with van der Waals surface area (Å²) >= 11 is 4.42. The van der Waals surface area contributed by atoms with Crippen LogP contribution in [0.2, 0.25) is 0 Å². The van der Waals surface area contributed by atoms with Gasteiger partial charge in [0.2, 0.25) is 0 Å². The molecule has 9 unspecified atom stereocenters. The Morgan fingerprint density at radius 2 is 1.14 bits per heavy atom. The maximum atomic E-state index is 14.2. The molecule has 0 spiro atoms. The van der Waals surface area contributed by atoms with Gasteiger partial charge in [-0.2, -0.15) is 0 Å². The van der Waals surface area contributed by atoms with Crippen LogP contribution in [0.3, 0.4) is 0 Å². The lowest BCUT2D eigenvalue weighted by atomic mass is 9.72. The van der Waals surface area contributed by atoms with Crippen LogP contribution in [-0.2, 0) is 0 Å². The Hall–Kier alpha value is -1.74. The summed E-state index contributed by atoms with van der Waals surface area (Å²) in [5.41, 5.74) is 5.30. The lowest BCUT2D eigenvalue weighted by Gasteiger charge is -2.32. The van der Waals surface area contributed by atoms with Gasteiger partial charge in [-0.05, 0) is 152 Å². The number of fused-ring (bicyclic) bond motifs is 6. The van der Waals surface area contributed by atoms with E-state index in [1.165, 1.54) is 88.2 Å². The number of thiol groups is 1. The van der Waals surface area contributed by atoms with E-state index in [2.05, 4.69) is 24.8 Å². The maximum Gasteiger partial charge on any atom is 0.344 e. The second kappa shape index (κ2) is 8.90. The molecule has 6 aliphatic carbocycles. The number of rotatable bonds is 5. The van der Waals surface area contributed by atoms with Crippen molar-refractivity contribution in [2.75, 3.05) is 0 Å². The van der Waals surface area contributed by atoms with Crippen LogP contribution in [0.15, 0.2) is 41.3 Å². The Balaban J connectivity index is 1.26. The number of esters is 1. The van der Waals surface area contributed by atoms with Crippen molar-refractivity contribution in [1.82, 2.24) is 0 Å². The maximum absolute atomic E-state index is 14.2. The highest BCUT2D eigenvalue weighted by Gasteiger charge is 2.47. The van der Waals surface area contributed by atoms with Crippen molar-refractivity contribution in [3.8, 4) is 5.75 Å². The van der Waals surface area contributed by atoms with E-state index < -0.39 is 0 Å². The molecular formula is C34H40O2S. The van der Waals surface area contributed by atoms with Crippen LogP contribution in [0.5, 0.6) is 5.75 Å². The Morgan fingerprint density at radius 1 is 0.649 bits per heavy atom. The van der Waals surface area contributed by atoms with Gasteiger partial charge in [0, 0.05) is 4.90 Å². The average Bonchev–Trinajstić information content (AvgIpc) is 3.77. The van der Waals surface area contributed by atoms with E-state index in [-0.39, 0.29) is 5.97 Å². The van der Waals surface area contributed by atoms with Gasteiger partial charge in [0.1, 0.15) is 5.75 Å². The van der Waals surface area contributed by atoms with Gasteiger partial charge in [0.05, 0.1) is 5.56 Å². The van der Waals surface area contributed by atoms with E-state index >= 15 is 0 Å². The lowest BCUT2D eigenvalue weighted by molar-refractivity contribution is 0.0730. The highest BCUT2D eigenvalue weighted by Crippen LogP contribution is 2.59. The third-order valence-corrected chi connectivity index (χ3v) is 12.2. The summed E-state index contributed by atoms with van der Waals surface area (Å²) in [5.74, 6) is 7.34. The molecule has 0 N–H and O–H groups in total. The molecule has 0 amide bonds. The van der Waals surface area contributed by atoms with Crippen molar-refractivity contribution in [3.05, 3.63) is 58.7 Å². The summed E-state index contributed by atoms with van der Waals surface area (Å²) in [5, 5.41) is 0. The molecule has 0 aliphatic heterocycles. The molecular weight excluding hydrogens is 472 g/mol. The Kier molecular flexibility index (Phi) is 5.57. The SMILES string of the molecule is O=C(Oc1ccc(S)cc1)c1c(C2CC3CCC2C3)cc(C2CC3CCC2C3)cc1C1CC2CCC1C2. The fourth-order valence-electron chi connectivity index (χ4n) is 10.3. The van der Waals surface area contributed by atoms with E-state index in [4.69, 9.17) is 4.74 Å². The van der Waals surface area contributed by atoms with Gasteiger partial charge in [-0.15, -0.1) is 12.6 Å². The second-order valence-electron chi connectivity index (χ2n) is 13.8. The number of carbonyl (C=O) groups is 1. The normalized spacial score (nSPS) is 39.1. The van der Waals surface area contributed by atoms with Crippen molar-refractivity contribution < 1.29 is 9.53 Å². The van der Waals surface area contributed by atoms with Crippen LogP contribution in [0.1, 0.15) is 122 Å². The van der Waals surface area contributed by atoms with Gasteiger partial charge in [-0.1, -0.05) is 31.4 Å². The number of ether oxygens (including phenoxy) is 1. The van der Waals surface area contributed by atoms with E-state index in [1.54, 1.807) is 5.56 Å². The summed E-state index contributed by atoms with van der Waals surface area (Å²) in [7, 11) is 0. The molecule has 0 radical (unpaired) electrons. The van der Waals surface area contributed by atoms with Gasteiger partial charge in [-0.3, -0.25) is 0 Å². The molecule has 194 valence electrons. The van der Waals surface area contributed by atoms with E-state index in [0.29, 0.717) is 23.5 Å². The van der Waals surface area contributed by atoms with Crippen molar-refractivity contribution in [2.45, 2.75) is 99.7 Å². The minimum Gasteiger partial charge on any atom is -0.423 e. The summed E-state index contributed by atoms with van der Waals surface area (Å²) in [6, 6.07) is 12.7. The number of carbonyl (C=O) groups excluding carboxylic acids is 1. The predicted molar refractivity (Wildman–Crippen MR) is 150 cm³/mol. The Bertz CT molecular complexity index is 1170. The minimum atomic E-state index is -0.109. The summed E-state index contributed by atoms with van der Waals surface area (Å²) in [4.78, 5) is 15.1. The van der Waals surface area contributed by atoms with Crippen molar-refractivity contribution >= 4 is 18.6 Å². The Labute approximate surface area is 227 Å². The zero-order chi connectivity index (χ0) is 24.7. The molecule has 0 heterocycles. The van der Waals surface area contributed by atoms with Crippen molar-refractivity contribution in [2.24, 2.45) is 35.5 Å². The average molecular weight is 513 g/mol. The van der Waals surface area contributed by atoms with Crippen molar-refractivity contribution in [1.29, 1.82) is 0 Å². The monoisotopic (exact) mass is 512 g/mol. The van der Waals surface area contributed by atoms with Crippen LogP contribution in [-0.4, -0.2) is 5.97 Å². The van der Waals surface area contributed by atoms with Gasteiger partial charge < -0.3 is 4.74 Å². The van der Waals surface area contributed by atoms with Crippen LogP contribution in [0, 0.1) is 35.5 Å². The molecule has 6 saturated carbocycles. The summed E-state index contributed by atoms with van der Waals surface area (Å²) in [6.07, 6.45) is 16.4. The zero-order valence-electron chi connectivity index (χ0n) is 21.9. The predicted octanol–water partition coefficient (Wildman–Crippen LogP) is 8.91. The molecule has 3 heteroatoms. The smallest absolute Gasteiger partial charge is 0.344 e. The van der Waals surface area contributed by atoms with Crippen LogP contribution >= 0.6 is 12.6 Å². The second-order valence-corrected chi connectivity index (χ2v) is 14.3. The van der Waals surface area contributed by atoms with Gasteiger partial charge >= 0.3 is 5.97 Å². The van der Waals surface area contributed by atoms with E-state index in [0.717, 1.165) is 46.0 Å². The third-order valence-electron chi connectivity index (χ3n) is 11.9. The third kappa shape index (κ3) is 3.93. The number of benzene rings is 2. The molecule has 0 saturated heterocycles. The fourth-order valence-corrected chi connectivity index (χ4v) is 10.5. The van der Waals surface area contributed by atoms with Gasteiger partial charge in [0.15, 0.2) is 0 Å². The molecule has 37 heavy (non-hydrogen) atoms. The summed E-state index contributed by atoms with van der Waals surface area (Å²) in [6.45, 7) is 0. The van der Waals surface area contributed by atoms with Crippen LogP contribution in [0.4, 0.5) is 0 Å². The van der Waals surface area contributed by atoms with E-state index in [1.807, 2.05) is 24.3 Å². The first-order valence-electron chi connectivity index (χ1n) is 15.3. The molecule has 6 bridgehead atoms. The quantitative estimate of drug-likeness (QED) is 0.246. The first-order chi connectivity index (χ1) is 18.1. The molecule has 2 aromatic carbocycles. The largest absolute Gasteiger partial charge is 0.423 e. The molecule has 2 aromatic rings. The highest BCUT2D eigenvalue weighted by molar-refractivity contribution is 7.80. The highest BCUT2D eigenvalue weighted by atomic mass is 32.1. The van der Waals surface area contributed by atoms with E-state index in [9.17, 15) is 4.79 Å². The number of hydrogen-bond acceptors (Lipinski definition) is 3. The molecule has 0 aromatic heterocycles. The van der Waals surface area contributed by atoms with Crippen molar-refractivity contribution in [3.63, 3.8) is 0 Å². The molecule has 6 fully saturated rings. The topological polar surface area (TPSA) is 26.3 Å². The molecule has 2 nitrogen and oxygen atoms in total.